The first-order valence-electron chi connectivity index (χ1n) is 18.6. The van der Waals surface area contributed by atoms with Crippen molar-refractivity contribution in [3.05, 3.63) is 212 Å². The summed E-state index contributed by atoms with van der Waals surface area (Å²) in [5, 5.41) is 13.9. The molecule has 9 aromatic carbocycles. The monoisotopic (exact) mass is 723 g/mol. The zero-order valence-electron chi connectivity index (χ0n) is 30.0. The van der Waals surface area contributed by atoms with E-state index in [1.54, 1.807) is 0 Å². The van der Waals surface area contributed by atoms with E-state index in [4.69, 9.17) is 5.10 Å². The highest BCUT2D eigenvalue weighted by molar-refractivity contribution is 7.91. The van der Waals surface area contributed by atoms with Crippen LogP contribution in [0.25, 0.3) is 71.6 Å². The van der Waals surface area contributed by atoms with Crippen LogP contribution in [0, 0.1) is 0 Å². The first kappa shape index (κ1) is 33.0. The van der Waals surface area contributed by atoms with Gasteiger partial charge in [0.05, 0.1) is 11.2 Å². The number of hydrogen-bond donors (Lipinski definition) is 1. The lowest BCUT2D eigenvalue weighted by molar-refractivity contribution is 0.633. The highest BCUT2D eigenvalue weighted by Gasteiger charge is 2.44. The van der Waals surface area contributed by atoms with Crippen LogP contribution in [0.1, 0.15) is 0 Å². The van der Waals surface area contributed by atoms with Crippen molar-refractivity contribution >= 4 is 55.9 Å². The topological polar surface area (TPSA) is 38.1 Å². The molecule has 0 bridgehead atoms. The van der Waals surface area contributed by atoms with Crippen LogP contribution in [0.5, 0.6) is 0 Å². The van der Waals surface area contributed by atoms with Gasteiger partial charge in [-0.15, -0.1) is 0 Å². The molecular formula is C51H36N2OP+. The van der Waals surface area contributed by atoms with E-state index >= 15 is 0 Å². The molecule has 55 heavy (non-hydrogen) atoms. The van der Waals surface area contributed by atoms with Gasteiger partial charge in [0.15, 0.2) is 0 Å². The Morgan fingerprint density at radius 1 is 0.400 bits per heavy atom. The molecule has 0 atom stereocenters. The van der Waals surface area contributed by atoms with Crippen LogP contribution < -0.4 is 15.9 Å². The minimum Gasteiger partial charge on any atom is -0.235 e. The summed E-state index contributed by atoms with van der Waals surface area (Å²) in [6.07, 6.45) is 0. The van der Waals surface area contributed by atoms with E-state index in [1.807, 2.05) is 66.7 Å². The Labute approximate surface area is 320 Å². The van der Waals surface area contributed by atoms with E-state index in [9.17, 15) is 4.89 Å². The van der Waals surface area contributed by atoms with Gasteiger partial charge in [-0.25, -0.2) is 9.58 Å². The molecule has 0 fully saturated rings. The molecule has 10 aromatic rings. The molecule has 0 aliphatic carbocycles. The van der Waals surface area contributed by atoms with Gasteiger partial charge in [-0.2, -0.15) is 5.10 Å². The van der Waals surface area contributed by atoms with Gasteiger partial charge in [0, 0.05) is 16.3 Å². The Kier molecular flexibility index (Phi) is 8.18. The average Bonchev–Trinajstić information content (AvgIpc) is 3.68. The predicted octanol–water partition coefficient (Wildman–Crippen LogP) is 11.5. The predicted molar refractivity (Wildman–Crippen MR) is 233 cm³/mol. The van der Waals surface area contributed by atoms with E-state index in [1.165, 1.54) is 16.3 Å². The quantitative estimate of drug-likeness (QED) is 0.166. The second-order valence-corrected chi connectivity index (χ2v) is 16.8. The number of nitrogens with zero attached hydrogens (tertiary/aromatic N) is 2. The van der Waals surface area contributed by atoms with E-state index in [0.29, 0.717) is 0 Å². The molecule has 1 heterocycles. The second kappa shape index (κ2) is 13.6. The third-order valence-corrected chi connectivity index (χ3v) is 13.8. The zero-order valence-corrected chi connectivity index (χ0v) is 30.9. The van der Waals surface area contributed by atoms with E-state index in [0.717, 1.165) is 71.2 Å². The summed E-state index contributed by atoms with van der Waals surface area (Å²) in [6.45, 7) is 0. The summed E-state index contributed by atoms with van der Waals surface area (Å²) in [5.74, 6) is 0. The summed E-state index contributed by atoms with van der Waals surface area (Å²) < 4.78 is 2.11. The number of aromatic nitrogens is 2. The molecule has 1 N–H and O–H groups in total. The number of hydrogen-bond acceptors (Lipinski definition) is 2. The highest BCUT2D eigenvalue weighted by atomic mass is 31.2. The molecule has 0 spiro atoms. The smallest absolute Gasteiger partial charge is 0.235 e. The molecular weight excluding hydrogens is 688 g/mol. The van der Waals surface area contributed by atoms with Gasteiger partial charge in [-0.05, 0) is 99.1 Å². The van der Waals surface area contributed by atoms with E-state index in [2.05, 4.69) is 150 Å². The average molecular weight is 724 g/mol. The summed E-state index contributed by atoms with van der Waals surface area (Å²) in [4.78, 5) is 12.5. The maximum atomic E-state index is 12.5. The zero-order chi connectivity index (χ0) is 36.8. The standard InChI is InChI=1S/C51H36N2OP/c54-55(44-20-9-3-10-21-44,45-22-11-4-12-23-45)46-32-31-40-33-39(29-30-41(40)34-46)36-25-27-38(28-26-36)50-49-48(37-15-5-1-6-16-37)35-42-17-13-14-24-47(42)51(49)53(52-50)43-18-7-2-8-19-43/h1-35,54H/q+1. The van der Waals surface area contributed by atoms with Gasteiger partial charge in [-0.3, -0.25) is 0 Å². The molecule has 0 saturated heterocycles. The van der Waals surface area contributed by atoms with Crippen molar-refractivity contribution in [2.45, 2.75) is 0 Å². The first-order valence-corrected chi connectivity index (χ1v) is 20.3. The van der Waals surface area contributed by atoms with E-state index < -0.39 is 7.49 Å². The van der Waals surface area contributed by atoms with Crippen LogP contribution >= 0.6 is 7.49 Å². The van der Waals surface area contributed by atoms with Crippen LogP contribution in [0.4, 0.5) is 0 Å². The van der Waals surface area contributed by atoms with Gasteiger partial charge < -0.3 is 0 Å². The Morgan fingerprint density at radius 3 is 1.64 bits per heavy atom. The second-order valence-electron chi connectivity index (χ2n) is 14.0. The molecule has 1 aromatic heterocycles. The molecule has 0 radical (unpaired) electrons. The molecule has 0 aliphatic rings. The Bertz CT molecular complexity index is 2920. The van der Waals surface area contributed by atoms with Crippen molar-refractivity contribution in [3.63, 3.8) is 0 Å². The number of para-hydroxylation sites is 1. The number of benzene rings is 9. The van der Waals surface area contributed by atoms with Gasteiger partial charge in [-0.1, -0.05) is 152 Å². The fraction of sp³-hybridized carbons (Fsp3) is 0. The van der Waals surface area contributed by atoms with Gasteiger partial charge in [0.25, 0.3) is 0 Å². The molecule has 0 unspecified atom stereocenters. The van der Waals surface area contributed by atoms with Crippen molar-refractivity contribution in [2.24, 2.45) is 0 Å². The first-order chi connectivity index (χ1) is 27.1. The summed E-state index contributed by atoms with van der Waals surface area (Å²) in [5.41, 5.74) is 8.74. The largest absolute Gasteiger partial charge is 0.238 e. The lowest BCUT2D eigenvalue weighted by atomic mass is 9.93. The van der Waals surface area contributed by atoms with Crippen LogP contribution in [0.3, 0.4) is 0 Å². The van der Waals surface area contributed by atoms with Crippen molar-refractivity contribution in [2.75, 3.05) is 0 Å². The Hall–Kier alpha value is -6.64. The molecule has 260 valence electrons. The fourth-order valence-corrected chi connectivity index (χ4v) is 10.7. The summed E-state index contributed by atoms with van der Waals surface area (Å²) in [7, 11) is -2.82. The van der Waals surface area contributed by atoms with Crippen molar-refractivity contribution < 1.29 is 4.89 Å². The molecule has 4 heteroatoms. The molecule has 3 nitrogen and oxygen atoms in total. The SMILES string of the molecule is O[P+](c1ccccc1)(c1ccccc1)c1ccc2cc(-c3ccc(-c4nn(-c5ccccc5)c5c4c(-c4ccccc4)cc4ccccc45)cc3)ccc2c1. The van der Waals surface area contributed by atoms with Gasteiger partial charge >= 0.3 is 0 Å². The molecule has 0 aliphatic heterocycles. The highest BCUT2D eigenvalue weighted by Crippen LogP contribution is 2.51. The van der Waals surface area contributed by atoms with Crippen LogP contribution in [0.15, 0.2) is 212 Å². The third kappa shape index (κ3) is 5.73. The minimum absolute atomic E-state index is 0.944. The lowest BCUT2D eigenvalue weighted by Gasteiger charge is -2.20. The van der Waals surface area contributed by atoms with Crippen LogP contribution in [-0.4, -0.2) is 14.7 Å². The van der Waals surface area contributed by atoms with Gasteiger partial charge in [0.1, 0.15) is 21.6 Å². The van der Waals surface area contributed by atoms with Crippen molar-refractivity contribution in [1.29, 1.82) is 0 Å². The molecule has 10 rings (SSSR count). The maximum absolute atomic E-state index is 12.5. The maximum Gasteiger partial charge on any atom is 0.238 e. The lowest BCUT2D eigenvalue weighted by Crippen LogP contribution is -2.30. The number of fused-ring (bicyclic) bond motifs is 4. The fourth-order valence-electron chi connectivity index (χ4n) is 7.96. The third-order valence-electron chi connectivity index (χ3n) is 10.7. The molecule has 0 saturated carbocycles. The Morgan fingerprint density at radius 2 is 0.945 bits per heavy atom. The minimum atomic E-state index is -2.82. The molecule has 0 amide bonds. The summed E-state index contributed by atoms with van der Waals surface area (Å²) >= 11 is 0. The summed E-state index contributed by atoms with van der Waals surface area (Å²) in [6, 6.07) is 74.0. The van der Waals surface area contributed by atoms with E-state index in [-0.39, 0.29) is 0 Å². The number of rotatable bonds is 7. The van der Waals surface area contributed by atoms with Crippen LogP contribution in [-0.2, 0) is 0 Å². The van der Waals surface area contributed by atoms with Crippen molar-refractivity contribution in [1.82, 2.24) is 9.78 Å². The van der Waals surface area contributed by atoms with Crippen LogP contribution in [0.2, 0.25) is 0 Å². The van der Waals surface area contributed by atoms with Crippen molar-refractivity contribution in [3.8, 4) is 39.2 Å². The Balaban J connectivity index is 1.07. The normalized spacial score (nSPS) is 11.7. The van der Waals surface area contributed by atoms with Gasteiger partial charge in [0.2, 0.25) is 7.49 Å².